The third kappa shape index (κ3) is 4.65. The predicted octanol–water partition coefficient (Wildman–Crippen LogP) is 1.78. The first-order valence-corrected chi connectivity index (χ1v) is 6.28. The number of unbranched alkanes of at least 4 members (excludes halogenated alkanes) is 1. The van der Waals surface area contributed by atoms with Gasteiger partial charge >= 0.3 is 0 Å². The summed E-state index contributed by atoms with van der Waals surface area (Å²) >= 11 is 0. The molecule has 0 saturated carbocycles. The molecule has 0 atom stereocenters. The van der Waals surface area contributed by atoms with E-state index in [-0.39, 0.29) is 5.91 Å². The van der Waals surface area contributed by atoms with Gasteiger partial charge in [-0.1, -0.05) is 20.3 Å². The van der Waals surface area contributed by atoms with Crippen molar-refractivity contribution in [2.75, 3.05) is 19.6 Å². The Balaban J connectivity index is 2.15. The van der Waals surface area contributed by atoms with Crippen LogP contribution in [0.15, 0.2) is 0 Å². The molecular formula is C12H24N2O. The average molecular weight is 212 g/mol. The van der Waals surface area contributed by atoms with Crippen LogP contribution < -0.4 is 5.32 Å². The van der Waals surface area contributed by atoms with Crippen LogP contribution >= 0.6 is 0 Å². The maximum atomic E-state index is 11.5. The van der Waals surface area contributed by atoms with Gasteiger partial charge in [0.05, 0.1) is 0 Å². The van der Waals surface area contributed by atoms with Gasteiger partial charge in [0.15, 0.2) is 0 Å². The SMILES string of the molecule is CCCCC(=O)NC1CCN(CC)CC1. The average Bonchev–Trinajstić information content (AvgIpc) is 2.27. The van der Waals surface area contributed by atoms with Crippen molar-refractivity contribution in [1.29, 1.82) is 0 Å². The molecule has 1 amide bonds. The molecular weight excluding hydrogens is 188 g/mol. The Bertz CT molecular complexity index is 186. The van der Waals surface area contributed by atoms with E-state index in [9.17, 15) is 4.79 Å². The normalized spacial score (nSPS) is 19.1. The van der Waals surface area contributed by atoms with E-state index in [1.165, 1.54) is 0 Å². The summed E-state index contributed by atoms with van der Waals surface area (Å²) in [5.41, 5.74) is 0. The van der Waals surface area contributed by atoms with E-state index in [4.69, 9.17) is 0 Å². The molecule has 0 bridgehead atoms. The van der Waals surface area contributed by atoms with Gasteiger partial charge in [-0.2, -0.15) is 0 Å². The number of rotatable bonds is 5. The molecule has 1 saturated heterocycles. The van der Waals surface area contributed by atoms with Gasteiger partial charge in [0.25, 0.3) is 0 Å². The maximum Gasteiger partial charge on any atom is 0.220 e. The van der Waals surface area contributed by atoms with Crippen molar-refractivity contribution in [1.82, 2.24) is 10.2 Å². The highest BCUT2D eigenvalue weighted by molar-refractivity contribution is 5.76. The standard InChI is InChI=1S/C12H24N2O/c1-3-5-6-12(15)13-11-7-9-14(4-2)10-8-11/h11H,3-10H2,1-2H3,(H,13,15). The number of hydrogen-bond acceptors (Lipinski definition) is 2. The van der Waals surface area contributed by atoms with Crippen LogP contribution in [-0.2, 0) is 4.79 Å². The lowest BCUT2D eigenvalue weighted by Gasteiger charge is -2.31. The van der Waals surface area contributed by atoms with Crippen molar-refractivity contribution in [2.45, 2.75) is 52.0 Å². The largest absolute Gasteiger partial charge is 0.353 e. The monoisotopic (exact) mass is 212 g/mol. The summed E-state index contributed by atoms with van der Waals surface area (Å²) in [7, 11) is 0. The van der Waals surface area contributed by atoms with Crippen molar-refractivity contribution < 1.29 is 4.79 Å². The zero-order valence-corrected chi connectivity index (χ0v) is 10.1. The topological polar surface area (TPSA) is 32.3 Å². The van der Waals surface area contributed by atoms with E-state index in [0.717, 1.165) is 45.3 Å². The molecule has 0 spiro atoms. The summed E-state index contributed by atoms with van der Waals surface area (Å²) in [6.45, 7) is 7.72. The fraction of sp³-hybridized carbons (Fsp3) is 0.917. The number of nitrogens with one attached hydrogen (secondary N) is 1. The van der Waals surface area contributed by atoms with Crippen LogP contribution in [0.2, 0.25) is 0 Å². The predicted molar refractivity (Wildman–Crippen MR) is 62.8 cm³/mol. The summed E-state index contributed by atoms with van der Waals surface area (Å²) < 4.78 is 0. The van der Waals surface area contributed by atoms with Crippen molar-refractivity contribution in [3.8, 4) is 0 Å². The molecule has 88 valence electrons. The lowest BCUT2D eigenvalue weighted by molar-refractivity contribution is -0.122. The summed E-state index contributed by atoms with van der Waals surface area (Å²) in [5, 5.41) is 3.13. The van der Waals surface area contributed by atoms with E-state index < -0.39 is 0 Å². The highest BCUT2D eigenvalue weighted by atomic mass is 16.1. The second-order valence-corrected chi connectivity index (χ2v) is 4.38. The first-order chi connectivity index (χ1) is 7.26. The van der Waals surface area contributed by atoms with Gasteiger partial charge in [-0.25, -0.2) is 0 Å². The molecule has 0 aromatic carbocycles. The first kappa shape index (κ1) is 12.5. The minimum atomic E-state index is 0.242. The van der Waals surface area contributed by atoms with Crippen molar-refractivity contribution >= 4 is 5.91 Å². The molecule has 0 radical (unpaired) electrons. The van der Waals surface area contributed by atoms with Crippen molar-refractivity contribution in [3.05, 3.63) is 0 Å². The number of nitrogens with zero attached hydrogens (tertiary/aromatic N) is 1. The summed E-state index contributed by atoms with van der Waals surface area (Å²) in [4.78, 5) is 13.9. The second-order valence-electron chi connectivity index (χ2n) is 4.38. The van der Waals surface area contributed by atoms with Gasteiger partial charge in [-0.3, -0.25) is 4.79 Å². The molecule has 0 unspecified atom stereocenters. The smallest absolute Gasteiger partial charge is 0.220 e. The number of piperidine rings is 1. The molecule has 0 aliphatic carbocycles. The summed E-state index contributed by atoms with van der Waals surface area (Å²) in [6.07, 6.45) is 5.04. The summed E-state index contributed by atoms with van der Waals surface area (Å²) in [5.74, 6) is 0.242. The first-order valence-electron chi connectivity index (χ1n) is 6.28. The van der Waals surface area contributed by atoms with Crippen molar-refractivity contribution in [3.63, 3.8) is 0 Å². The Hall–Kier alpha value is -0.570. The van der Waals surface area contributed by atoms with Crippen molar-refractivity contribution in [2.24, 2.45) is 0 Å². The van der Waals surface area contributed by atoms with E-state index in [1.54, 1.807) is 0 Å². The molecule has 1 rings (SSSR count). The van der Waals surface area contributed by atoms with E-state index in [2.05, 4.69) is 24.1 Å². The fourth-order valence-electron chi connectivity index (χ4n) is 2.03. The van der Waals surface area contributed by atoms with Crippen LogP contribution in [0.1, 0.15) is 46.0 Å². The highest BCUT2D eigenvalue weighted by Gasteiger charge is 2.18. The second kappa shape index (κ2) is 6.83. The third-order valence-electron chi connectivity index (χ3n) is 3.16. The number of carbonyl (C=O) groups is 1. The van der Waals surface area contributed by atoms with E-state index in [1.807, 2.05) is 0 Å². The quantitative estimate of drug-likeness (QED) is 0.753. The zero-order valence-electron chi connectivity index (χ0n) is 10.1. The van der Waals surface area contributed by atoms with Gasteiger partial charge in [0.2, 0.25) is 5.91 Å². The third-order valence-corrected chi connectivity index (χ3v) is 3.16. The Morgan fingerprint density at radius 1 is 1.33 bits per heavy atom. The van der Waals surface area contributed by atoms with Crippen LogP contribution in [-0.4, -0.2) is 36.5 Å². The van der Waals surface area contributed by atoms with Crippen LogP contribution in [0.5, 0.6) is 0 Å². The zero-order chi connectivity index (χ0) is 11.1. The van der Waals surface area contributed by atoms with Gasteiger partial charge in [-0.15, -0.1) is 0 Å². The molecule has 1 aliphatic heterocycles. The maximum absolute atomic E-state index is 11.5. The molecule has 1 N–H and O–H groups in total. The van der Waals surface area contributed by atoms with Crippen LogP contribution in [0.3, 0.4) is 0 Å². The molecule has 0 aromatic rings. The molecule has 1 aliphatic rings. The fourth-order valence-corrected chi connectivity index (χ4v) is 2.03. The number of hydrogen-bond donors (Lipinski definition) is 1. The van der Waals surface area contributed by atoms with Gasteiger partial charge in [0, 0.05) is 25.6 Å². The number of likely N-dealkylation sites (tertiary alicyclic amines) is 1. The molecule has 3 nitrogen and oxygen atoms in total. The Labute approximate surface area is 93.2 Å². The molecule has 3 heteroatoms. The molecule has 15 heavy (non-hydrogen) atoms. The number of carbonyl (C=O) groups excluding carboxylic acids is 1. The van der Waals surface area contributed by atoms with Gasteiger partial charge in [-0.05, 0) is 25.8 Å². The Morgan fingerprint density at radius 3 is 2.53 bits per heavy atom. The molecule has 1 heterocycles. The molecule has 1 fully saturated rings. The molecule has 0 aromatic heterocycles. The van der Waals surface area contributed by atoms with Crippen LogP contribution in [0.4, 0.5) is 0 Å². The Kier molecular flexibility index (Phi) is 5.69. The lowest BCUT2D eigenvalue weighted by atomic mass is 10.0. The minimum Gasteiger partial charge on any atom is -0.353 e. The minimum absolute atomic E-state index is 0.242. The van der Waals surface area contributed by atoms with Crippen LogP contribution in [0.25, 0.3) is 0 Å². The van der Waals surface area contributed by atoms with Gasteiger partial charge < -0.3 is 10.2 Å². The van der Waals surface area contributed by atoms with Crippen LogP contribution in [0, 0.1) is 0 Å². The Morgan fingerprint density at radius 2 is 2.00 bits per heavy atom. The summed E-state index contributed by atoms with van der Waals surface area (Å²) in [6, 6.07) is 0.428. The van der Waals surface area contributed by atoms with Gasteiger partial charge in [0.1, 0.15) is 0 Å². The van der Waals surface area contributed by atoms with E-state index >= 15 is 0 Å². The lowest BCUT2D eigenvalue weighted by Crippen LogP contribution is -2.44. The van der Waals surface area contributed by atoms with E-state index in [0.29, 0.717) is 12.5 Å². The highest BCUT2D eigenvalue weighted by Crippen LogP contribution is 2.10. The number of amides is 1.